The van der Waals surface area contributed by atoms with E-state index in [-0.39, 0.29) is 5.91 Å². The molecule has 0 saturated heterocycles. The van der Waals surface area contributed by atoms with Crippen molar-refractivity contribution in [1.29, 1.82) is 0 Å². The number of aryl methyl sites for hydroxylation is 2. The Balaban J connectivity index is 2.36. The average molecular weight is 249 g/mol. The number of fused-ring (bicyclic) bond motifs is 1. The molecule has 2 aromatic rings. The van der Waals surface area contributed by atoms with Crippen molar-refractivity contribution < 1.29 is 4.79 Å². The molecule has 5 heteroatoms. The molecule has 1 aromatic carbocycles. The first kappa shape index (κ1) is 11.9. The van der Waals surface area contributed by atoms with E-state index in [1.165, 1.54) is 5.56 Å². The van der Waals surface area contributed by atoms with Gasteiger partial charge >= 0.3 is 0 Å². The smallest absolute Gasteiger partial charge is 0.217 e. The molecule has 1 heterocycles. The van der Waals surface area contributed by atoms with Gasteiger partial charge in [0, 0.05) is 13.0 Å². The fourth-order valence-corrected chi connectivity index (χ4v) is 2.32. The van der Waals surface area contributed by atoms with Gasteiger partial charge in [0.15, 0.2) is 4.77 Å². The molecule has 0 atom stereocenters. The first-order valence-electron chi connectivity index (χ1n) is 5.56. The standard InChI is InChI=1S/C12H15N3OS/c1-8-4-2-5-9-11(8)15(12(17)14-9)7-3-6-10(13)16/h2,4-5H,3,6-7H2,1H3,(H2,13,16)(H,14,17). The predicted molar refractivity (Wildman–Crippen MR) is 70.3 cm³/mol. The summed E-state index contributed by atoms with van der Waals surface area (Å²) >= 11 is 5.28. The number of nitrogens with one attached hydrogen (secondary N) is 1. The second-order valence-electron chi connectivity index (χ2n) is 4.12. The molecule has 3 N–H and O–H groups in total. The number of aromatic amines is 1. The zero-order chi connectivity index (χ0) is 12.4. The first-order valence-corrected chi connectivity index (χ1v) is 5.97. The molecule has 0 unspecified atom stereocenters. The Morgan fingerprint density at radius 1 is 1.53 bits per heavy atom. The molecular formula is C12H15N3OS. The number of hydrogen-bond acceptors (Lipinski definition) is 2. The van der Waals surface area contributed by atoms with Gasteiger partial charge in [0.1, 0.15) is 0 Å². The number of amides is 1. The van der Waals surface area contributed by atoms with Crippen molar-refractivity contribution >= 4 is 29.2 Å². The maximum Gasteiger partial charge on any atom is 0.217 e. The number of carbonyl (C=O) groups is 1. The minimum atomic E-state index is -0.270. The molecule has 0 spiro atoms. The maximum absolute atomic E-state index is 10.7. The average Bonchev–Trinajstić information content (AvgIpc) is 2.56. The van der Waals surface area contributed by atoms with E-state index in [2.05, 4.69) is 18.0 Å². The lowest BCUT2D eigenvalue weighted by atomic mass is 10.2. The number of rotatable bonds is 4. The molecule has 0 aliphatic carbocycles. The zero-order valence-corrected chi connectivity index (χ0v) is 10.5. The summed E-state index contributed by atoms with van der Waals surface area (Å²) in [6.45, 7) is 2.77. The minimum Gasteiger partial charge on any atom is -0.370 e. The topological polar surface area (TPSA) is 63.8 Å². The van der Waals surface area contributed by atoms with E-state index in [0.29, 0.717) is 24.2 Å². The summed E-state index contributed by atoms with van der Waals surface area (Å²) in [4.78, 5) is 13.9. The van der Waals surface area contributed by atoms with Crippen molar-refractivity contribution in [2.45, 2.75) is 26.3 Å². The largest absolute Gasteiger partial charge is 0.370 e. The van der Waals surface area contributed by atoms with Crippen molar-refractivity contribution in [1.82, 2.24) is 9.55 Å². The van der Waals surface area contributed by atoms with Crippen LogP contribution in [0.2, 0.25) is 0 Å². The molecule has 0 saturated carbocycles. The molecular weight excluding hydrogens is 234 g/mol. The summed E-state index contributed by atoms with van der Waals surface area (Å²) in [6, 6.07) is 6.05. The molecule has 0 bridgehead atoms. The number of benzene rings is 1. The van der Waals surface area contributed by atoms with Crippen molar-refractivity contribution in [3.05, 3.63) is 28.5 Å². The van der Waals surface area contributed by atoms with Crippen molar-refractivity contribution in [3.63, 3.8) is 0 Å². The number of H-pyrrole nitrogens is 1. The molecule has 17 heavy (non-hydrogen) atoms. The Hall–Kier alpha value is -1.62. The maximum atomic E-state index is 10.7. The van der Waals surface area contributed by atoms with Gasteiger partial charge in [0.05, 0.1) is 11.0 Å². The van der Waals surface area contributed by atoms with Crippen LogP contribution in [0.25, 0.3) is 11.0 Å². The van der Waals surface area contributed by atoms with Gasteiger partial charge in [0.2, 0.25) is 5.91 Å². The van der Waals surface area contributed by atoms with Crippen LogP contribution in [-0.2, 0) is 11.3 Å². The van der Waals surface area contributed by atoms with E-state index in [4.69, 9.17) is 18.0 Å². The highest BCUT2D eigenvalue weighted by molar-refractivity contribution is 7.71. The summed E-state index contributed by atoms with van der Waals surface area (Å²) in [5, 5.41) is 0. The Bertz CT molecular complexity index is 612. The molecule has 1 aromatic heterocycles. The third-order valence-corrected chi connectivity index (χ3v) is 3.12. The van der Waals surface area contributed by atoms with Crippen LogP contribution < -0.4 is 5.73 Å². The third kappa shape index (κ3) is 2.39. The quantitative estimate of drug-likeness (QED) is 0.816. The lowest BCUT2D eigenvalue weighted by molar-refractivity contribution is -0.118. The Labute approximate surface area is 104 Å². The second kappa shape index (κ2) is 4.71. The van der Waals surface area contributed by atoms with Crippen LogP contribution >= 0.6 is 12.2 Å². The van der Waals surface area contributed by atoms with Crippen LogP contribution in [0.1, 0.15) is 18.4 Å². The highest BCUT2D eigenvalue weighted by atomic mass is 32.1. The van der Waals surface area contributed by atoms with Crippen LogP contribution in [0.4, 0.5) is 0 Å². The summed E-state index contributed by atoms with van der Waals surface area (Å²) in [7, 11) is 0. The number of para-hydroxylation sites is 1. The number of hydrogen-bond donors (Lipinski definition) is 2. The fourth-order valence-electron chi connectivity index (χ4n) is 2.03. The third-order valence-electron chi connectivity index (χ3n) is 2.80. The lowest BCUT2D eigenvalue weighted by Gasteiger charge is -2.05. The van der Waals surface area contributed by atoms with E-state index < -0.39 is 0 Å². The molecule has 0 aliphatic heterocycles. The number of primary amides is 1. The van der Waals surface area contributed by atoms with E-state index in [9.17, 15) is 4.79 Å². The van der Waals surface area contributed by atoms with Gasteiger partial charge in [-0.1, -0.05) is 12.1 Å². The number of carbonyl (C=O) groups excluding carboxylic acids is 1. The van der Waals surface area contributed by atoms with E-state index in [0.717, 1.165) is 11.0 Å². The van der Waals surface area contributed by atoms with Crippen LogP contribution in [0.15, 0.2) is 18.2 Å². The van der Waals surface area contributed by atoms with Gasteiger partial charge in [-0.05, 0) is 37.2 Å². The van der Waals surface area contributed by atoms with E-state index in [1.807, 2.05) is 16.7 Å². The first-order chi connectivity index (χ1) is 8.09. The molecule has 4 nitrogen and oxygen atoms in total. The summed E-state index contributed by atoms with van der Waals surface area (Å²) < 4.78 is 2.72. The SMILES string of the molecule is Cc1cccc2[nH]c(=S)n(CCCC(N)=O)c12. The monoisotopic (exact) mass is 249 g/mol. The molecule has 0 radical (unpaired) electrons. The Morgan fingerprint density at radius 3 is 3.00 bits per heavy atom. The Kier molecular flexibility index (Phi) is 3.28. The van der Waals surface area contributed by atoms with Crippen molar-refractivity contribution in [2.24, 2.45) is 5.73 Å². The molecule has 0 aliphatic rings. The summed E-state index contributed by atoms with van der Waals surface area (Å²) in [5.74, 6) is -0.270. The Morgan fingerprint density at radius 2 is 2.29 bits per heavy atom. The number of aromatic nitrogens is 2. The van der Waals surface area contributed by atoms with Crippen LogP contribution in [0, 0.1) is 11.7 Å². The summed E-state index contributed by atoms with van der Waals surface area (Å²) in [5.41, 5.74) is 8.45. The van der Waals surface area contributed by atoms with Gasteiger partial charge in [-0.15, -0.1) is 0 Å². The molecule has 1 amide bonds. The number of nitrogens with two attached hydrogens (primary N) is 1. The van der Waals surface area contributed by atoms with Crippen LogP contribution in [-0.4, -0.2) is 15.5 Å². The van der Waals surface area contributed by atoms with Crippen molar-refractivity contribution in [2.75, 3.05) is 0 Å². The van der Waals surface area contributed by atoms with Crippen LogP contribution in [0.3, 0.4) is 0 Å². The molecule has 90 valence electrons. The highest BCUT2D eigenvalue weighted by Gasteiger charge is 2.06. The lowest BCUT2D eigenvalue weighted by Crippen LogP contribution is -2.11. The highest BCUT2D eigenvalue weighted by Crippen LogP contribution is 2.18. The normalized spacial score (nSPS) is 10.9. The van der Waals surface area contributed by atoms with Gasteiger partial charge in [0.25, 0.3) is 0 Å². The minimum absolute atomic E-state index is 0.270. The second-order valence-corrected chi connectivity index (χ2v) is 4.51. The fraction of sp³-hybridized carbons (Fsp3) is 0.333. The van der Waals surface area contributed by atoms with Crippen molar-refractivity contribution in [3.8, 4) is 0 Å². The predicted octanol–water partition coefficient (Wildman–Crippen LogP) is 2.27. The number of imidazole rings is 1. The van der Waals surface area contributed by atoms with Gasteiger partial charge in [-0.25, -0.2) is 0 Å². The van der Waals surface area contributed by atoms with Gasteiger partial charge < -0.3 is 15.3 Å². The van der Waals surface area contributed by atoms with E-state index >= 15 is 0 Å². The van der Waals surface area contributed by atoms with E-state index in [1.54, 1.807) is 0 Å². The number of nitrogens with zero attached hydrogens (tertiary/aromatic N) is 1. The van der Waals surface area contributed by atoms with Gasteiger partial charge in [-0.2, -0.15) is 0 Å². The zero-order valence-electron chi connectivity index (χ0n) is 9.69. The van der Waals surface area contributed by atoms with Gasteiger partial charge in [-0.3, -0.25) is 4.79 Å². The van der Waals surface area contributed by atoms with Crippen LogP contribution in [0.5, 0.6) is 0 Å². The molecule has 2 rings (SSSR count). The molecule has 0 fully saturated rings. The summed E-state index contributed by atoms with van der Waals surface area (Å²) in [6.07, 6.45) is 1.10.